The fraction of sp³-hybridized carbons (Fsp3) is 0. The highest BCUT2D eigenvalue weighted by Gasteiger charge is 2.20. The summed E-state index contributed by atoms with van der Waals surface area (Å²) in [6.45, 7) is 0. The fourth-order valence-corrected chi connectivity index (χ4v) is 7.79. The van der Waals surface area contributed by atoms with E-state index in [2.05, 4.69) is 168 Å². The molecule has 0 atom stereocenters. The van der Waals surface area contributed by atoms with Crippen LogP contribution in [0.5, 0.6) is 0 Å². The van der Waals surface area contributed by atoms with Gasteiger partial charge in [-0.1, -0.05) is 140 Å². The third-order valence-electron chi connectivity index (χ3n) is 9.73. The fourth-order valence-electron chi connectivity index (χ4n) is 7.79. The highest BCUT2D eigenvalue weighted by molar-refractivity contribution is 6.36. The van der Waals surface area contributed by atoms with Crippen molar-refractivity contribution in [2.24, 2.45) is 0 Å². The predicted octanol–water partition coefficient (Wildman–Crippen LogP) is 12.2. The number of aromatic nitrogens is 1. The Hall–Kier alpha value is -5.92. The van der Waals surface area contributed by atoms with E-state index in [-0.39, 0.29) is 0 Å². The Balaban J connectivity index is 1.30. The van der Waals surface area contributed by atoms with Crippen LogP contribution >= 0.6 is 0 Å². The zero-order valence-electron chi connectivity index (χ0n) is 24.5. The summed E-state index contributed by atoms with van der Waals surface area (Å²) in [5.74, 6) is 0. The van der Waals surface area contributed by atoms with Crippen LogP contribution in [0.2, 0.25) is 0 Å². The van der Waals surface area contributed by atoms with E-state index >= 15 is 0 Å². The van der Waals surface area contributed by atoms with Gasteiger partial charge in [0.1, 0.15) is 0 Å². The molecule has 0 radical (unpaired) electrons. The van der Waals surface area contributed by atoms with Crippen molar-refractivity contribution >= 4 is 75.7 Å². The van der Waals surface area contributed by atoms with Crippen LogP contribution in [0.3, 0.4) is 0 Å². The largest absolute Gasteiger partial charge is 0.309 e. The SMILES string of the molecule is c1ccc2c(c1)cc(-c1ccc(-n3c4ccccc4c4c5c6ccccc6ccc5c5ccccc5c43)cc1)c1ccccc12. The maximum Gasteiger partial charge on any atom is 0.0626 e. The molecule has 45 heavy (non-hydrogen) atoms. The number of para-hydroxylation sites is 1. The van der Waals surface area contributed by atoms with Crippen LogP contribution in [0, 0.1) is 0 Å². The molecular formula is C44H27N. The number of hydrogen-bond acceptors (Lipinski definition) is 0. The van der Waals surface area contributed by atoms with Gasteiger partial charge in [0.15, 0.2) is 0 Å². The lowest BCUT2D eigenvalue weighted by molar-refractivity contribution is 1.19. The monoisotopic (exact) mass is 569 g/mol. The zero-order chi connectivity index (χ0) is 29.5. The van der Waals surface area contributed by atoms with E-state index in [1.807, 2.05) is 0 Å². The molecule has 0 fully saturated rings. The molecule has 0 unspecified atom stereocenters. The van der Waals surface area contributed by atoms with Gasteiger partial charge in [-0.25, -0.2) is 0 Å². The first-order valence-corrected chi connectivity index (χ1v) is 15.6. The van der Waals surface area contributed by atoms with Crippen LogP contribution in [-0.4, -0.2) is 4.57 Å². The van der Waals surface area contributed by atoms with E-state index in [4.69, 9.17) is 0 Å². The molecule has 1 heterocycles. The molecule has 9 aromatic carbocycles. The minimum atomic E-state index is 1.17. The van der Waals surface area contributed by atoms with Gasteiger partial charge in [-0.15, -0.1) is 0 Å². The first-order chi connectivity index (χ1) is 22.3. The topological polar surface area (TPSA) is 4.93 Å². The smallest absolute Gasteiger partial charge is 0.0626 e. The minimum absolute atomic E-state index is 1.17. The van der Waals surface area contributed by atoms with Crippen molar-refractivity contribution in [3.63, 3.8) is 0 Å². The van der Waals surface area contributed by atoms with Gasteiger partial charge in [-0.3, -0.25) is 0 Å². The molecule has 208 valence electrons. The molecule has 1 heteroatoms. The Morgan fingerprint density at radius 1 is 0.333 bits per heavy atom. The standard InChI is InChI=1S/C44H27N/c1-4-14-33-28(11-1)23-26-37-36-17-7-8-18-38(36)44-43(42(33)37)39-19-9-10-20-41(39)45(44)31-24-21-29(22-25-31)40-27-30-12-2-3-13-32(30)34-15-5-6-16-35(34)40/h1-27H. The van der Waals surface area contributed by atoms with Gasteiger partial charge < -0.3 is 4.57 Å². The van der Waals surface area contributed by atoms with Crippen LogP contribution in [0.1, 0.15) is 0 Å². The summed E-state index contributed by atoms with van der Waals surface area (Å²) >= 11 is 0. The number of rotatable bonds is 2. The Kier molecular flexibility index (Phi) is 5.06. The van der Waals surface area contributed by atoms with Gasteiger partial charge >= 0.3 is 0 Å². The molecule has 0 aliphatic rings. The van der Waals surface area contributed by atoms with Crippen LogP contribution in [0.4, 0.5) is 0 Å². The van der Waals surface area contributed by atoms with Crippen molar-refractivity contribution in [3.05, 3.63) is 164 Å². The highest BCUT2D eigenvalue weighted by atomic mass is 15.0. The van der Waals surface area contributed by atoms with Gasteiger partial charge in [-0.2, -0.15) is 0 Å². The lowest BCUT2D eigenvalue weighted by Crippen LogP contribution is -1.95. The van der Waals surface area contributed by atoms with Crippen LogP contribution in [0.15, 0.2) is 164 Å². The molecule has 10 rings (SSSR count). The summed E-state index contributed by atoms with van der Waals surface area (Å²) in [4.78, 5) is 0. The normalized spacial score (nSPS) is 12.0. The van der Waals surface area contributed by atoms with E-state index in [0.717, 1.165) is 0 Å². The molecule has 0 N–H and O–H groups in total. The van der Waals surface area contributed by atoms with Gasteiger partial charge in [0.2, 0.25) is 0 Å². The Morgan fingerprint density at radius 3 is 1.69 bits per heavy atom. The number of fused-ring (bicyclic) bond motifs is 13. The van der Waals surface area contributed by atoms with Crippen molar-refractivity contribution in [2.45, 2.75) is 0 Å². The second-order valence-corrected chi connectivity index (χ2v) is 12.1. The zero-order valence-corrected chi connectivity index (χ0v) is 24.5. The highest BCUT2D eigenvalue weighted by Crippen LogP contribution is 2.45. The molecule has 0 amide bonds. The van der Waals surface area contributed by atoms with Gasteiger partial charge in [0.25, 0.3) is 0 Å². The number of nitrogens with zero attached hydrogens (tertiary/aromatic N) is 1. The van der Waals surface area contributed by atoms with Crippen molar-refractivity contribution in [3.8, 4) is 16.8 Å². The number of benzene rings is 9. The van der Waals surface area contributed by atoms with Crippen molar-refractivity contribution in [1.82, 2.24) is 4.57 Å². The summed E-state index contributed by atoms with van der Waals surface area (Å²) in [5, 5.41) is 15.5. The van der Waals surface area contributed by atoms with Gasteiger partial charge in [0, 0.05) is 27.2 Å². The quantitative estimate of drug-likeness (QED) is 0.183. The molecule has 1 nitrogen and oxygen atoms in total. The molecule has 0 aliphatic heterocycles. The first kappa shape index (κ1) is 24.5. The molecular weight excluding hydrogens is 542 g/mol. The van der Waals surface area contributed by atoms with Crippen LogP contribution in [-0.2, 0) is 0 Å². The lowest BCUT2D eigenvalue weighted by atomic mass is 9.92. The first-order valence-electron chi connectivity index (χ1n) is 15.6. The maximum absolute atomic E-state index is 2.48. The van der Waals surface area contributed by atoms with Gasteiger partial charge in [-0.05, 0) is 78.5 Å². The second kappa shape index (κ2) is 9.29. The van der Waals surface area contributed by atoms with Gasteiger partial charge in [0.05, 0.1) is 11.0 Å². The number of hydrogen-bond donors (Lipinski definition) is 0. The predicted molar refractivity (Wildman–Crippen MR) is 194 cm³/mol. The second-order valence-electron chi connectivity index (χ2n) is 12.1. The molecule has 0 saturated carbocycles. The van der Waals surface area contributed by atoms with Crippen molar-refractivity contribution in [2.75, 3.05) is 0 Å². The van der Waals surface area contributed by atoms with Crippen LogP contribution < -0.4 is 0 Å². The van der Waals surface area contributed by atoms with Crippen molar-refractivity contribution in [1.29, 1.82) is 0 Å². The minimum Gasteiger partial charge on any atom is -0.309 e. The molecule has 0 bridgehead atoms. The lowest BCUT2D eigenvalue weighted by Gasteiger charge is -2.15. The Morgan fingerprint density at radius 2 is 0.911 bits per heavy atom. The summed E-state index contributed by atoms with van der Waals surface area (Å²) in [6, 6.07) is 60.2. The molecule has 0 saturated heterocycles. The van der Waals surface area contributed by atoms with Crippen LogP contribution in [0.25, 0.3) is 92.5 Å². The Bertz CT molecular complexity index is 2800. The average Bonchev–Trinajstić information content (AvgIpc) is 3.46. The third kappa shape index (κ3) is 3.44. The summed E-state index contributed by atoms with van der Waals surface area (Å²) in [6.07, 6.45) is 0. The Labute approximate surface area is 260 Å². The third-order valence-corrected chi connectivity index (χ3v) is 9.73. The molecule has 0 aliphatic carbocycles. The molecule has 0 spiro atoms. The van der Waals surface area contributed by atoms with E-state index in [1.165, 1.54) is 92.5 Å². The van der Waals surface area contributed by atoms with E-state index in [9.17, 15) is 0 Å². The van der Waals surface area contributed by atoms with Crippen molar-refractivity contribution < 1.29 is 0 Å². The summed E-state index contributed by atoms with van der Waals surface area (Å²) in [7, 11) is 0. The van der Waals surface area contributed by atoms with E-state index in [1.54, 1.807) is 0 Å². The summed E-state index contributed by atoms with van der Waals surface area (Å²) < 4.78 is 2.48. The van der Waals surface area contributed by atoms with E-state index < -0.39 is 0 Å². The average molecular weight is 570 g/mol. The van der Waals surface area contributed by atoms with E-state index in [0.29, 0.717) is 0 Å². The molecule has 10 aromatic rings. The maximum atomic E-state index is 2.48. The summed E-state index contributed by atoms with van der Waals surface area (Å²) in [5.41, 5.74) is 6.14. The molecule has 1 aromatic heterocycles.